The molecule has 2 aromatic heterocycles. The van der Waals surface area contributed by atoms with Gasteiger partial charge in [0.05, 0.1) is 23.5 Å². The normalized spacial score (nSPS) is 17.4. The molecule has 1 atom stereocenters. The van der Waals surface area contributed by atoms with Crippen molar-refractivity contribution in [2.24, 2.45) is 5.92 Å². The molecule has 152 valence electrons. The summed E-state index contributed by atoms with van der Waals surface area (Å²) in [5.74, 6) is -0.212. The molecule has 0 spiro atoms. The molecule has 0 radical (unpaired) electrons. The lowest BCUT2D eigenvalue weighted by molar-refractivity contribution is 0.206. The molecule has 30 heavy (non-hydrogen) atoms. The van der Waals surface area contributed by atoms with Gasteiger partial charge in [-0.1, -0.05) is 12.1 Å². The van der Waals surface area contributed by atoms with Gasteiger partial charge in [0.1, 0.15) is 23.8 Å². The van der Waals surface area contributed by atoms with Gasteiger partial charge >= 0.3 is 6.03 Å². The molecule has 2 aliphatic heterocycles. The van der Waals surface area contributed by atoms with Gasteiger partial charge in [-0.2, -0.15) is 10.4 Å². The maximum Gasteiger partial charge on any atom is 0.322 e. The summed E-state index contributed by atoms with van der Waals surface area (Å²) < 4.78 is 20.8. The quantitative estimate of drug-likeness (QED) is 0.668. The first-order valence-corrected chi connectivity index (χ1v) is 9.81. The Hall–Kier alpha value is -3.67. The first-order chi connectivity index (χ1) is 14.5. The molecule has 9 heteroatoms. The summed E-state index contributed by atoms with van der Waals surface area (Å²) in [4.78, 5) is 14.5. The second-order valence-electron chi connectivity index (χ2n) is 7.86. The number of halogens is 1. The smallest absolute Gasteiger partial charge is 0.322 e. The summed E-state index contributed by atoms with van der Waals surface area (Å²) in [6, 6.07) is 5.42. The topological polar surface area (TPSA) is 100.0 Å². The van der Waals surface area contributed by atoms with Crippen LogP contribution in [-0.2, 0) is 25.9 Å². The van der Waals surface area contributed by atoms with Crippen molar-refractivity contribution in [3.05, 3.63) is 52.7 Å². The minimum absolute atomic E-state index is 0.108. The first-order valence-electron chi connectivity index (χ1n) is 9.81. The van der Waals surface area contributed by atoms with Gasteiger partial charge in [-0.25, -0.2) is 9.18 Å². The number of hydrogen-bond donors (Lipinski definition) is 1. The lowest BCUT2D eigenvalue weighted by Gasteiger charge is -2.27. The molecule has 0 fully saturated rings. The number of carbonyl (C=O) groups is 1. The van der Waals surface area contributed by atoms with Gasteiger partial charge in [0.15, 0.2) is 0 Å². The van der Waals surface area contributed by atoms with E-state index < -0.39 is 5.82 Å². The number of aromatic nitrogens is 3. The van der Waals surface area contributed by atoms with Crippen LogP contribution >= 0.6 is 0 Å². The summed E-state index contributed by atoms with van der Waals surface area (Å²) in [6.07, 6.45) is 3.19. The molecular formula is C21H19FN6O2. The Labute approximate surface area is 171 Å². The minimum Gasteiger partial charge on any atom is -0.364 e. The fraction of sp³-hybridized carbons (Fsp3) is 0.333. The van der Waals surface area contributed by atoms with Crippen molar-refractivity contribution >= 4 is 11.7 Å². The fourth-order valence-electron chi connectivity index (χ4n) is 4.22. The Morgan fingerprint density at radius 3 is 3.13 bits per heavy atom. The van der Waals surface area contributed by atoms with E-state index in [9.17, 15) is 9.18 Å². The maximum atomic E-state index is 13.5. The van der Waals surface area contributed by atoms with E-state index >= 15 is 0 Å². The molecule has 0 saturated carbocycles. The number of benzene rings is 1. The van der Waals surface area contributed by atoms with E-state index in [1.165, 1.54) is 18.2 Å². The summed E-state index contributed by atoms with van der Waals surface area (Å²) in [7, 11) is 0. The number of amides is 2. The van der Waals surface area contributed by atoms with Gasteiger partial charge < -0.3 is 14.7 Å². The predicted molar refractivity (Wildman–Crippen MR) is 105 cm³/mol. The van der Waals surface area contributed by atoms with Gasteiger partial charge in [-0.05, 0) is 30.5 Å². The fourth-order valence-corrected chi connectivity index (χ4v) is 4.22. The third-order valence-electron chi connectivity index (χ3n) is 5.65. The van der Waals surface area contributed by atoms with Gasteiger partial charge in [-0.15, -0.1) is 0 Å². The summed E-state index contributed by atoms with van der Waals surface area (Å²) in [6.45, 7) is 3.87. The standard InChI is InChI=1S/C21H19FN6O2/c1-12-6-14-11-30-26-19(14)20-16-10-27(5-4-18(16)25-28(20)9-12)21(29)24-15-2-3-17(22)13(7-15)8-23/h2-3,7,11-12H,4-6,9-10H2,1H3,(H,24,29). The van der Waals surface area contributed by atoms with Crippen molar-refractivity contribution in [3.8, 4) is 17.5 Å². The van der Waals surface area contributed by atoms with Crippen LogP contribution < -0.4 is 5.32 Å². The highest BCUT2D eigenvalue weighted by Crippen LogP contribution is 2.35. The Bertz CT molecular complexity index is 1190. The summed E-state index contributed by atoms with van der Waals surface area (Å²) in [5, 5.41) is 20.8. The molecule has 1 unspecified atom stereocenters. The third-order valence-corrected chi connectivity index (χ3v) is 5.65. The van der Waals surface area contributed by atoms with Crippen LogP contribution in [0.1, 0.15) is 29.3 Å². The number of nitrogens with zero attached hydrogens (tertiary/aromatic N) is 5. The van der Waals surface area contributed by atoms with Gasteiger partial charge in [0.25, 0.3) is 0 Å². The third kappa shape index (κ3) is 3.01. The Morgan fingerprint density at radius 2 is 2.30 bits per heavy atom. The van der Waals surface area contributed by atoms with Crippen molar-refractivity contribution in [1.29, 1.82) is 5.26 Å². The number of rotatable bonds is 1. The highest BCUT2D eigenvalue weighted by atomic mass is 19.1. The molecule has 2 amide bonds. The van der Waals surface area contributed by atoms with E-state index in [0.29, 0.717) is 31.1 Å². The number of urea groups is 1. The number of nitriles is 1. The lowest BCUT2D eigenvalue weighted by atomic mass is 10.00. The number of carbonyl (C=O) groups excluding carboxylic acids is 1. The predicted octanol–water partition coefficient (Wildman–Crippen LogP) is 3.33. The summed E-state index contributed by atoms with van der Waals surface area (Å²) >= 11 is 0. The molecule has 8 nitrogen and oxygen atoms in total. The molecule has 0 bridgehead atoms. The van der Waals surface area contributed by atoms with E-state index in [0.717, 1.165) is 41.2 Å². The SMILES string of the molecule is CC1Cc2conc2-c2c3c(nn2C1)CCN(C(=O)Nc1ccc(F)c(C#N)c1)C3. The molecule has 5 rings (SSSR count). The van der Waals surface area contributed by atoms with Crippen molar-refractivity contribution in [3.63, 3.8) is 0 Å². The van der Waals surface area contributed by atoms with Gasteiger partial charge in [0, 0.05) is 36.3 Å². The molecule has 0 saturated heterocycles. The number of anilines is 1. The number of hydrogen-bond acceptors (Lipinski definition) is 5. The van der Waals surface area contributed by atoms with Crippen LogP contribution in [0.5, 0.6) is 0 Å². The zero-order chi connectivity index (χ0) is 20.8. The van der Waals surface area contributed by atoms with Crippen molar-refractivity contribution in [2.75, 3.05) is 11.9 Å². The average molecular weight is 406 g/mol. The van der Waals surface area contributed by atoms with Crippen molar-refractivity contribution < 1.29 is 13.7 Å². The minimum atomic E-state index is -0.613. The van der Waals surface area contributed by atoms with E-state index in [1.807, 2.05) is 4.68 Å². The Balaban J connectivity index is 1.43. The van der Waals surface area contributed by atoms with Crippen LogP contribution in [0.25, 0.3) is 11.4 Å². The zero-order valence-corrected chi connectivity index (χ0v) is 16.4. The monoisotopic (exact) mass is 406 g/mol. The highest BCUT2D eigenvalue weighted by Gasteiger charge is 2.32. The second-order valence-corrected chi connectivity index (χ2v) is 7.86. The maximum absolute atomic E-state index is 13.5. The highest BCUT2D eigenvalue weighted by molar-refractivity contribution is 5.89. The van der Waals surface area contributed by atoms with Crippen LogP contribution in [0.4, 0.5) is 14.9 Å². The van der Waals surface area contributed by atoms with Crippen molar-refractivity contribution in [2.45, 2.75) is 32.9 Å². The molecule has 4 heterocycles. The zero-order valence-electron chi connectivity index (χ0n) is 16.4. The van der Waals surface area contributed by atoms with E-state index in [4.69, 9.17) is 14.9 Å². The number of fused-ring (bicyclic) bond motifs is 5. The van der Waals surface area contributed by atoms with E-state index in [1.54, 1.807) is 17.2 Å². The largest absolute Gasteiger partial charge is 0.364 e. The molecule has 0 aliphatic carbocycles. The van der Waals surface area contributed by atoms with Crippen LogP contribution in [-0.4, -0.2) is 32.4 Å². The Kier molecular flexibility index (Phi) is 4.28. The van der Waals surface area contributed by atoms with Gasteiger partial charge in [-0.3, -0.25) is 4.68 Å². The van der Waals surface area contributed by atoms with E-state index in [2.05, 4.69) is 17.4 Å². The second kappa shape index (κ2) is 6.99. The molecule has 2 aliphatic rings. The average Bonchev–Trinajstić information content (AvgIpc) is 3.29. The lowest BCUT2D eigenvalue weighted by Crippen LogP contribution is -2.38. The van der Waals surface area contributed by atoms with Crippen LogP contribution in [0.15, 0.2) is 29.0 Å². The van der Waals surface area contributed by atoms with Gasteiger partial charge in [0.2, 0.25) is 0 Å². The van der Waals surface area contributed by atoms with Crippen LogP contribution in [0, 0.1) is 23.1 Å². The molecule has 1 aromatic carbocycles. The molecular weight excluding hydrogens is 387 g/mol. The molecule has 3 aromatic rings. The van der Waals surface area contributed by atoms with Crippen molar-refractivity contribution in [1.82, 2.24) is 19.8 Å². The summed E-state index contributed by atoms with van der Waals surface area (Å²) in [5.41, 5.74) is 5.01. The Morgan fingerprint density at radius 1 is 1.43 bits per heavy atom. The van der Waals surface area contributed by atoms with Crippen LogP contribution in [0.3, 0.4) is 0 Å². The first kappa shape index (κ1) is 18.4. The molecule has 1 N–H and O–H groups in total. The van der Waals surface area contributed by atoms with E-state index in [-0.39, 0.29) is 11.6 Å². The van der Waals surface area contributed by atoms with Crippen LogP contribution in [0.2, 0.25) is 0 Å². The number of nitrogens with one attached hydrogen (secondary N) is 1.